The molecule has 0 aliphatic rings. The van der Waals surface area contributed by atoms with Crippen LogP contribution in [-0.4, -0.2) is 11.0 Å². The first-order chi connectivity index (χ1) is 10.4. The molecule has 1 atom stereocenters. The number of nitrogens with one attached hydrogen (secondary N) is 1. The highest BCUT2D eigenvalue weighted by atomic mass is 19.1. The maximum absolute atomic E-state index is 13.8. The molecule has 1 N–H and O–H groups in total. The number of pyridine rings is 1. The number of aromatic nitrogens is 1. The Balaban J connectivity index is 2.28. The van der Waals surface area contributed by atoms with Gasteiger partial charge in [0, 0.05) is 18.2 Å². The second-order valence-corrected chi connectivity index (χ2v) is 5.66. The molecule has 0 unspecified atom stereocenters. The third-order valence-corrected chi connectivity index (χ3v) is 3.71. The van der Waals surface area contributed by atoms with E-state index in [0.29, 0.717) is 5.92 Å². The minimum absolute atomic E-state index is 0.0261. The molecule has 0 aliphatic carbocycles. The second kappa shape index (κ2) is 6.92. The second-order valence-electron chi connectivity index (χ2n) is 5.66. The Morgan fingerprint density at radius 1 is 1.00 bits per heavy atom. The molecule has 0 bridgehead atoms. The first-order valence-corrected chi connectivity index (χ1v) is 7.22. The summed E-state index contributed by atoms with van der Waals surface area (Å²) in [5, 5.41) is 3.17. The Morgan fingerprint density at radius 2 is 1.68 bits per heavy atom. The van der Waals surface area contributed by atoms with Gasteiger partial charge in [0.2, 0.25) is 0 Å². The molecule has 0 aliphatic heterocycles. The molecule has 0 spiro atoms. The summed E-state index contributed by atoms with van der Waals surface area (Å²) in [5.41, 5.74) is 0.430. The SMILES string of the molecule is CC(C)[C@@H](C)NCc1nc(-c2cc(F)ccc2F)ccc1F. The zero-order valence-corrected chi connectivity index (χ0v) is 12.8. The van der Waals surface area contributed by atoms with Crippen molar-refractivity contribution in [1.29, 1.82) is 0 Å². The molecule has 2 rings (SSSR count). The molecule has 1 aromatic heterocycles. The van der Waals surface area contributed by atoms with Crippen molar-refractivity contribution in [1.82, 2.24) is 10.3 Å². The van der Waals surface area contributed by atoms with Gasteiger partial charge in [-0.3, -0.25) is 0 Å². The molecule has 0 amide bonds. The molecule has 118 valence electrons. The van der Waals surface area contributed by atoms with E-state index in [-0.39, 0.29) is 29.5 Å². The van der Waals surface area contributed by atoms with Crippen LogP contribution in [0.1, 0.15) is 26.5 Å². The number of benzene rings is 1. The average molecular weight is 308 g/mol. The predicted octanol–water partition coefficient (Wildman–Crippen LogP) is 4.30. The fourth-order valence-electron chi connectivity index (χ4n) is 1.95. The van der Waals surface area contributed by atoms with E-state index in [2.05, 4.69) is 24.1 Å². The lowest BCUT2D eigenvalue weighted by Gasteiger charge is -2.17. The quantitative estimate of drug-likeness (QED) is 0.891. The predicted molar refractivity (Wildman–Crippen MR) is 80.7 cm³/mol. The van der Waals surface area contributed by atoms with Gasteiger partial charge >= 0.3 is 0 Å². The Hall–Kier alpha value is -1.88. The van der Waals surface area contributed by atoms with Crippen molar-refractivity contribution >= 4 is 0 Å². The molecule has 22 heavy (non-hydrogen) atoms. The first kappa shape index (κ1) is 16.5. The zero-order valence-electron chi connectivity index (χ0n) is 12.8. The lowest BCUT2D eigenvalue weighted by Crippen LogP contribution is -2.30. The number of hydrogen-bond acceptors (Lipinski definition) is 2. The number of rotatable bonds is 5. The number of halogens is 3. The Labute approximate surface area is 128 Å². The highest BCUT2D eigenvalue weighted by Crippen LogP contribution is 2.23. The Morgan fingerprint density at radius 3 is 2.36 bits per heavy atom. The molecule has 0 radical (unpaired) electrons. The van der Waals surface area contributed by atoms with E-state index >= 15 is 0 Å². The van der Waals surface area contributed by atoms with E-state index in [1.54, 1.807) is 0 Å². The van der Waals surface area contributed by atoms with Crippen molar-refractivity contribution in [3.63, 3.8) is 0 Å². The van der Waals surface area contributed by atoms with E-state index in [4.69, 9.17) is 0 Å². The first-order valence-electron chi connectivity index (χ1n) is 7.22. The molecule has 2 aromatic rings. The molecule has 0 saturated carbocycles. The minimum atomic E-state index is -0.588. The largest absolute Gasteiger partial charge is 0.308 e. The maximum atomic E-state index is 13.8. The standard InChI is InChI=1S/C17H19F3N2/c1-10(2)11(3)21-9-17-15(20)6-7-16(22-17)13-8-12(18)4-5-14(13)19/h4-8,10-11,21H,9H2,1-3H3/t11-/m1/s1. The molecular weight excluding hydrogens is 289 g/mol. The van der Waals surface area contributed by atoms with E-state index < -0.39 is 17.5 Å². The molecule has 0 saturated heterocycles. The molecule has 5 heteroatoms. The van der Waals surface area contributed by atoms with Crippen LogP contribution in [0.4, 0.5) is 13.2 Å². The summed E-state index contributed by atoms with van der Waals surface area (Å²) < 4.78 is 40.9. The van der Waals surface area contributed by atoms with E-state index in [9.17, 15) is 13.2 Å². The molecule has 1 heterocycles. The van der Waals surface area contributed by atoms with Gasteiger partial charge in [-0.25, -0.2) is 18.2 Å². The van der Waals surface area contributed by atoms with E-state index in [1.165, 1.54) is 12.1 Å². The molecular formula is C17H19F3N2. The van der Waals surface area contributed by atoms with Gasteiger partial charge in [0.25, 0.3) is 0 Å². The van der Waals surface area contributed by atoms with Crippen molar-refractivity contribution in [2.24, 2.45) is 5.92 Å². The van der Waals surface area contributed by atoms with E-state index in [1.807, 2.05) is 6.92 Å². The van der Waals surface area contributed by atoms with Crippen LogP contribution >= 0.6 is 0 Å². The molecule has 1 aromatic carbocycles. The van der Waals surface area contributed by atoms with Gasteiger partial charge in [-0.2, -0.15) is 0 Å². The monoisotopic (exact) mass is 308 g/mol. The van der Waals surface area contributed by atoms with Crippen molar-refractivity contribution in [3.8, 4) is 11.3 Å². The minimum Gasteiger partial charge on any atom is -0.308 e. The Kier molecular flexibility index (Phi) is 5.19. The smallest absolute Gasteiger partial charge is 0.146 e. The van der Waals surface area contributed by atoms with Gasteiger partial charge in [0.1, 0.15) is 17.5 Å². The lowest BCUT2D eigenvalue weighted by atomic mass is 10.1. The maximum Gasteiger partial charge on any atom is 0.146 e. The zero-order chi connectivity index (χ0) is 16.3. The third-order valence-electron chi connectivity index (χ3n) is 3.71. The summed E-state index contributed by atoms with van der Waals surface area (Å²) in [6, 6.07) is 5.90. The van der Waals surface area contributed by atoms with Gasteiger partial charge in [0.15, 0.2) is 0 Å². The fraction of sp³-hybridized carbons (Fsp3) is 0.353. The van der Waals surface area contributed by atoms with E-state index in [0.717, 1.165) is 18.2 Å². The summed E-state index contributed by atoms with van der Waals surface area (Å²) >= 11 is 0. The topological polar surface area (TPSA) is 24.9 Å². The van der Waals surface area contributed by atoms with Gasteiger partial charge in [-0.1, -0.05) is 13.8 Å². The van der Waals surface area contributed by atoms with Crippen LogP contribution in [0.2, 0.25) is 0 Å². The molecule has 2 nitrogen and oxygen atoms in total. The summed E-state index contributed by atoms with van der Waals surface area (Å²) in [7, 11) is 0. The average Bonchev–Trinajstić information content (AvgIpc) is 2.48. The van der Waals surface area contributed by atoms with Crippen molar-refractivity contribution < 1.29 is 13.2 Å². The summed E-state index contributed by atoms with van der Waals surface area (Å²) in [5.74, 6) is -1.22. The highest BCUT2D eigenvalue weighted by molar-refractivity contribution is 5.60. The van der Waals surface area contributed by atoms with Crippen molar-refractivity contribution in [2.45, 2.75) is 33.4 Å². The Bertz CT molecular complexity index is 656. The van der Waals surface area contributed by atoms with Gasteiger partial charge in [-0.05, 0) is 43.2 Å². The van der Waals surface area contributed by atoms with Gasteiger partial charge < -0.3 is 5.32 Å². The van der Waals surface area contributed by atoms with Gasteiger partial charge in [-0.15, -0.1) is 0 Å². The van der Waals surface area contributed by atoms with Crippen molar-refractivity contribution in [3.05, 3.63) is 53.5 Å². The lowest BCUT2D eigenvalue weighted by molar-refractivity contribution is 0.418. The highest BCUT2D eigenvalue weighted by Gasteiger charge is 2.13. The van der Waals surface area contributed by atoms with Crippen LogP contribution < -0.4 is 5.32 Å². The third kappa shape index (κ3) is 3.85. The van der Waals surface area contributed by atoms with Crippen LogP contribution in [0.3, 0.4) is 0 Å². The fourth-order valence-corrected chi connectivity index (χ4v) is 1.95. The summed E-state index contributed by atoms with van der Waals surface area (Å²) in [6.45, 7) is 6.34. The normalized spacial score (nSPS) is 12.7. The number of hydrogen-bond donors (Lipinski definition) is 1. The van der Waals surface area contributed by atoms with Crippen LogP contribution in [0, 0.1) is 23.4 Å². The van der Waals surface area contributed by atoms with Crippen LogP contribution in [0.5, 0.6) is 0 Å². The summed E-state index contributed by atoms with van der Waals surface area (Å²) in [6.07, 6.45) is 0. The number of nitrogens with zero attached hydrogens (tertiary/aromatic N) is 1. The van der Waals surface area contributed by atoms with Crippen LogP contribution in [0.25, 0.3) is 11.3 Å². The summed E-state index contributed by atoms with van der Waals surface area (Å²) in [4.78, 5) is 4.13. The van der Waals surface area contributed by atoms with Crippen LogP contribution in [-0.2, 0) is 6.54 Å². The van der Waals surface area contributed by atoms with Gasteiger partial charge in [0.05, 0.1) is 11.4 Å². The molecule has 0 fully saturated rings. The van der Waals surface area contributed by atoms with Crippen molar-refractivity contribution in [2.75, 3.05) is 0 Å². The van der Waals surface area contributed by atoms with Crippen LogP contribution in [0.15, 0.2) is 30.3 Å².